The van der Waals surface area contributed by atoms with Crippen LogP contribution in [0.15, 0.2) is 58.9 Å². The van der Waals surface area contributed by atoms with Gasteiger partial charge in [0.25, 0.3) is 0 Å². The number of halogens is 1. The molecule has 7 heteroatoms. The van der Waals surface area contributed by atoms with Gasteiger partial charge in [0.2, 0.25) is 5.91 Å². The molecule has 1 amide bonds. The van der Waals surface area contributed by atoms with E-state index in [-0.39, 0.29) is 18.1 Å². The number of carbonyl (C=O) groups is 1. The molecule has 3 rings (SSSR count). The second-order valence-corrected chi connectivity index (χ2v) is 7.57. The van der Waals surface area contributed by atoms with Crippen LogP contribution in [0.3, 0.4) is 0 Å². The van der Waals surface area contributed by atoms with Crippen LogP contribution in [-0.4, -0.2) is 28.2 Å². The highest BCUT2D eigenvalue weighted by molar-refractivity contribution is 7.99. The van der Waals surface area contributed by atoms with E-state index in [0.717, 1.165) is 33.5 Å². The third kappa shape index (κ3) is 5.64. The molecule has 0 aliphatic carbocycles. The smallest absolute Gasteiger partial charge is 0.226 e. The molecule has 134 valence electrons. The first-order valence-corrected chi connectivity index (χ1v) is 10.1. The Balaban J connectivity index is 1.37. The van der Waals surface area contributed by atoms with Crippen molar-refractivity contribution in [2.24, 2.45) is 0 Å². The molecule has 3 aromatic rings. The number of aromatic nitrogens is 2. The van der Waals surface area contributed by atoms with E-state index in [0.29, 0.717) is 6.54 Å². The quantitative estimate of drug-likeness (QED) is 0.465. The molecule has 2 aromatic heterocycles. The molecule has 0 radical (unpaired) electrons. The van der Waals surface area contributed by atoms with Gasteiger partial charge in [-0.1, -0.05) is 6.07 Å². The lowest BCUT2D eigenvalue weighted by Gasteiger charge is -2.04. The molecule has 0 saturated carbocycles. The minimum absolute atomic E-state index is 0.0327. The number of hydrogen-bond acceptors (Lipinski definition) is 5. The Morgan fingerprint density at radius 3 is 2.81 bits per heavy atom. The second-order valence-electron chi connectivity index (χ2n) is 5.54. The summed E-state index contributed by atoms with van der Waals surface area (Å²) in [5, 5.41) is 5.63. The molecule has 0 aliphatic heterocycles. The fourth-order valence-corrected chi connectivity index (χ4v) is 3.89. The first-order chi connectivity index (χ1) is 12.7. The number of nitrogens with one attached hydrogen (secondary N) is 1. The SMILES string of the molecule is O=C(Cc1csc(-c2ccccn2)n1)NCCCSc1ccc(F)cc1. The first-order valence-electron chi connectivity index (χ1n) is 8.21. The number of thioether (sulfide) groups is 1. The van der Waals surface area contributed by atoms with Gasteiger partial charge in [-0.15, -0.1) is 23.1 Å². The maximum absolute atomic E-state index is 12.8. The standard InChI is InChI=1S/C19H18FN3OS2/c20-14-5-7-16(8-6-14)25-11-3-10-22-18(24)12-15-13-26-19(23-15)17-4-1-2-9-21-17/h1-2,4-9,13H,3,10-12H2,(H,22,24). The molecule has 26 heavy (non-hydrogen) atoms. The zero-order valence-corrected chi connectivity index (χ0v) is 15.7. The number of pyridine rings is 1. The summed E-state index contributed by atoms with van der Waals surface area (Å²) >= 11 is 3.14. The van der Waals surface area contributed by atoms with E-state index >= 15 is 0 Å². The van der Waals surface area contributed by atoms with Gasteiger partial charge in [-0.25, -0.2) is 9.37 Å². The lowest BCUT2D eigenvalue weighted by atomic mass is 10.3. The monoisotopic (exact) mass is 387 g/mol. The Bertz CT molecular complexity index is 838. The molecule has 0 atom stereocenters. The summed E-state index contributed by atoms with van der Waals surface area (Å²) in [7, 11) is 0. The van der Waals surface area contributed by atoms with Crippen molar-refractivity contribution in [2.75, 3.05) is 12.3 Å². The van der Waals surface area contributed by atoms with Gasteiger partial charge in [-0.05, 0) is 48.6 Å². The molecule has 1 aromatic carbocycles. The van der Waals surface area contributed by atoms with Crippen LogP contribution in [0.1, 0.15) is 12.1 Å². The third-order valence-corrected chi connectivity index (χ3v) is 5.51. The van der Waals surface area contributed by atoms with Crippen LogP contribution in [0, 0.1) is 5.82 Å². The van der Waals surface area contributed by atoms with E-state index in [4.69, 9.17) is 0 Å². The van der Waals surface area contributed by atoms with Crippen molar-refractivity contribution in [3.8, 4) is 10.7 Å². The highest BCUT2D eigenvalue weighted by atomic mass is 32.2. The van der Waals surface area contributed by atoms with Gasteiger partial charge < -0.3 is 5.32 Å². The Hall–Kier alpha value is -2.25. The maximum atomic E-state index is 12.8. The molecule has 0 saturated heterocycles. The second kappa shape index (κ2) is 9.45. The molecule has 0 aliphatic rings. The topological polar surface area (TPSA) is 54.9 Å². The zero-order valence-electron chi connectivity index (χ0n) is 14.0. The summed E-state index contributed by atoms with van der Waals surface area (Å²) in [4.78, 5) is 21.8. The molecule has 0 bridgehead atoms. The van der Waals surface area contributed by atoms with Crippen LogP contribution in [0.25, 0.3) is 10.7 Å². The highest BCUT2D eigenvalue weighted by Gasteiger charge is 2.09. The first kappa shape index (κ1) is 18.5. The summed E-state index contributed by atoms with van der Waals surface area (Å²) in [6.45, 7) is 0.615. The van der Waals surface area contributed by atoms with Gasteiger partial charge >= 0.3 is 0 Å². The molecule has 0 unspecified atom stereocenters. The molecular formula is C19H18FN3OS2. The Labute approximate surface area is 159 Å². The Morgan fingerprint density at radius 1 is 1.19 bits per heavy atom. The zero-order chi connectivity index (χ0) is 18.2. The van der Waals surface area contributed by atoms with Gasteiger partial charge in [0.1, 0.15) is 10.8 Å². The number of nitrogens with zero attached hydrogens (tertiary/aromatic N) is 2. The lowest BCUT2D eigenvalue weighted by Crippen LogP contribution is -2.26. The van der Waals surface area contributed by atoms with Gasteiger partial charge in [0.05, 0.1) is 17.8 Å². The van der Waals surface area contributed by atoms with Crippen LogP contribution in [0.5, 0.6) is 0 Å². The number of carbonyl (C=O) groups excluding carboxylic acids is 1. The van der Waals surface area contributed by atoms with Gasteiger partial charge in [0, 0.05) is 23.0 Å². The number of thiazole rings is 1. The fourth-order valence-electron chi connectivity index (χ4n) is 2.24. The Kier molecular flexibility index (Phi) is 6.74. The number of hydrogen-bond donors (Lipinski definition) is 1. The normalized spacial score (nSPS) is 10.7. The van der Waals surface area contributed by atoms with Crippen LogP contribution in [-0.2, 0) is 11.2 Å². The number of amides is 1. The molecule has 0 fully saturated rings. The molecule has 0 spiro atoms. The van der Waals surface area contributed by atoms with E-state index in [1.165, 1.54) is 23.5 Å². The average Bonchev–Trinajstić information content (AvgIpc) is 3.12. The summed E-state index contributed by atoms with van der Waals surface area (Å²) in [5.41, 5.74) is 1.58. The van der Waals surface area contributed by atoms with Crippen LogP contribution < -0.4 is 5.32 Å². The number of rotatable bonds is 8. The van der Waals surface area contributed by atoms with Crippen LogP contribution in [0.4, 0.5) is 4.39 Å². The summed E-state index contributed by atoms with van der Waals surface area (Å²) in [5.74, 6) is 0.608. The summed E-state index contributed by atoms with van der Waals surface area (Å²) in [6, 6.07) is 12.1. The summed E-state index contributed by atoms with van der Waals surface area (Å²) < 4.78 is 12.8. The van der Waals surface area contributed by atoms with Gasteiger partial charge in [-0.2, -0.15) is 0 Å². The van der Waals surface area contributed by atoms with E-state index in [9.17, 15) is 9.18 Å². The van der Waals surface area contributed by atoms with Crippen molar-refractivity contribution in [2.45, 2.75) is 17.7 Å². The third-order valence-electron chi connectivity index (χ3n) is 3.50. The number of benzene rings is 1. The van der Waals surface area contributed by atoms with Crippen molar-refractivity contribution in [3.63, 3.8) is 0 Å². The van der Waals surface area contributed by atoms with Crippen LogP contribution >= 0.6 is 23.1 Å². The molecule has 1 N–H and O–H groups in total. The van der Waals surface area contributed by atoms with Crippen molar-refractivity contribution in [3.05, 3.63) is 65.6 Å². The molecule has 2 heterocycles. The molecule has 4 nitrogen and oxygen atoms in total. The lowest BCUT2D eigenvalue weighted by molar-refractivity contribution is -0.120. The minimum Gasteiger partial charge on any atom is -0.356 e. The van der Waals surface area contributed by atoms with E-state index in [1.807, 2.05) is 23.6 Å². The Morgan fingerprint density at radius 2 is 2.04 bits per heavy atom. The van der Waals surface area contributed by atoms with E-state index in [2.05, 4.69) is 15.3 Å². The van der Waals surface area contributed by atoms with Gasteiger partial charge in [-0.3, -0.25) is 9.78 Å². The largest absolute Gasteiger partial charge is 0.356 e. The van der Waals surface area contributed by atoms with Crippen molar-refractivity contribution in [1.29, 1.82) is 0 Å². The van der Waals surface area contributed by atoms with Crippen molar-refractivity contribution >= 4 is 29.0 Å². The van der Waals surface area contributed by atoms with Gasteiger partial charge in [0.15, 0.2) is 0 Å². The maximum Gasteiger partial charge on any atom is 0.226 e. The van der Waals surface area contributed by atoms with Crippen molar-refractivity contribution in [1.82, 2.24) is 15.3 Å². The molecular weight excluding hydrogens is 369 g/mol. The predicted molar refractivity (Wildman–Crippen MR) is 104 cm³/mol. The van der Waals surface area contributed by atoms with Crippen LogP contribution in [0.2, 0.25) is 0 Å². The summed E-state index contributed by atoms with van der Waals surface area (Å²) in [6.07, 6.45) is 2.85. The van der Waals surface area contributed by atoms with E-state index in [1.54, 1.807) is 30.1 Å². The van der Waals surface area contributed by atoms with Crippen molar-refractivity contribution < 1.29 is 9.18 Å². The fraction of sp³-hybridized carbons (Fsp3) is 0.211. The highest BCUT2D eigenvalue weighted by Crippen LogP contribution is 2.21. The van der Waals surface area contributed by atoms with E-state index < -0.39 is 0 Å². The minimum atomic E-state index is -0.227. The predicted octanol–water partition coefficient (Wildman–Crippen LogP) is 4.19. The average molecular weight is 388 g/mol.